The van der Waals surface area contributed by atoms with Crippen LogP contribution in [0.4, 0.5) is 27.9 Å². The van der Waals surface area contributed by atoms with E-state index in [0.29, 0.717) is 33.4 Å². The first-order valence-electron chi connectivity index (χ1n) is 11.1. The van der Waals surface area contributed by atoms with Gasteiger partial charge in [0.2, 0.25) is 5.13 Å². The number of phenols is 2. The minimum atomic E-state index is 0.0178. The van der Waals surface area contributed by atoms with Gasteiger partial charge in [-0.15, -0.1) is 15.3 Å². The molecule has 0 aliphatic rings. The molecule has 0 fully saturated rings. The van der Waals surface area contributed by atoms with Crippen LogP contribution in [-0.4, -0.2) is 28.5 Å². The van der Waals surface area contributed by atoms with Crippen LogP contribution in [0.2, 0.25) is 0 Å². The SMILES string of the molecule is COc1ccc(N=Nc2ccc(O)cc2N=Cc2cc(N=Nc3nc4ccccc4s3)ccc2O)cc1. The second-order valence-corrected chi connectivity index (χ2v) is 8.75. The second kappa shape index (κ2) is 10.8. The summed E-state index contributed by atoms with van der Waals surface area (Å²) >= 11 is 1.44. The molecule has 4 aromatic carbocycles. The van der Waals surface area contributed by atoms with Crippen molar-refractivity contribution in [1.29, 1.82) is 0 Å². The monoisotopic (exact) mass is 508 g/mol. The van der Waals surface area contributed by atoms with Crippen molar-refractivity contribution in [3.05, 3.63) is 90.5 Å². The third kappa shape index (κ3) is 5.82. The molecule has 10 heteroatoms. The molecule has 5 aromatic rings. The molecule has 182 valence electrons. The Kier molecular flexibility index (Phi) is 6.91. The van der Waals surface area contributed by atoms with Crippen LogP contribution in [-0.2, 0) is 0 Å². The number of hydrogen-bond donors (Lipinski definition) is 2. The van der Waals surface area contributed by atoms with E-state index in [4.69, 9.17) is 4.74 Å². The van der Waals surface area contributed by atoms with Crippen molar-refractivity contribution < 1.29 is 14.9 Å². The van der Waals surface area contributed by atoms with Gasteiger partial charge >= 0.3 is 0 Å². The Balaban J connectivity index is 1.38. The molecule has 1 heterocycles. The number of aromatic hydroxyl groups is 2. The summed E-state index contributed by atoms with van der Waals surface area (Å²) in [7, 11) is 1.59. The van der Waals surface area contributed by atoms with Gasteiger partial charge in [-0.25, -0.2) is 4.98 Å². The Bertz CT molecular complexity index is 1610. The van der Waals surface area contributed by atoms with Crippen molar-refractivity contribution in [3.8, 4) is 17.2 Å². The van der Waals surface area contributed by atoms with Gasteiger partial charge in [-0.3, -0.25) is 4.99 Å². The van der Waals surface area contributed by atoms with E-state index < -0.39 is 0 Å². The van der Waals surface area contributed by atoms with Crippen LogP contribution in [0.1, 0.15) is 5.56 Å². The van der Waals surface area contributed by atoms with Crippen molar-refractivity contribution in [3.63, 3.8) is 0 Å². The zero-order valence-corrected chi connectivity index (χ0v) is 20.4. The molecular weight excluding hydrogens is 488 g/mol. The second-order valence-electron chi connectivity index (χ2n) is 7.74. The van der Waals surface area contributed by atoms with Gasteiger partial charge in [0.25, 0.3) is 0 Å². The molecule has 0 aliphatic heterocycles. The summed E-state index contributed by atoms with van der Waals surface area (Å²) in [4.78, 5) is 8.87. The molecule has 37 heavy (non-hydrogen) atoms. The number of methoxy groups -OCH3 is 1. The number of para-hydroxylation sites is 1. The Morgan fingerprint density at radius 2 is 1.57 bits per heavy atom. The van der Waals surface area contributed by atoms with Crippen LogP contribution in [0, 0.1) is 0 Å². The van der Waals surface area contributed by atoms with Gasteiger partial charge in [0.1, 0.15) is 22.9 Å². The maximum atomic E-state index is 10.3. The Labute approximate surface area is 215 Å². The third-order valence-electron chi connectivity index (χ3n) is 5.19. The summed E-state index contributed by atoms with van der Waals surface area (Å²) in [6.45, 7) is 0. The lowest BCUT2D eigenvalue weighted by Gasteiger charge is -2.03. The minimum absolute atomic E-state index is 0.0178. The van der Waals surface area contributed by atoms with Crippen molar-refractivity contribution in [1.82, 2.24) is 4.98 Å². The summed E-state index contributed by atoms with van der Waals surface area (Å²) in [5, 5.41) is 37.8. The summed E-state index contributed by atoms with van der Waals surface area (Å²) < 4.78 is 6.18. The predicted molar refractivity (Wildman–Crippen MR) is 144 cm³/mol. The number of phenolic OH excluding ortho intramolecular Hbond substituents is 2. The van der Waals surface area contributed by atoms with Crippen LogP contribution >= 0.6 is 11.3 Å². The van der Waals surface area contributed by atoms with E-state index >= 15 is 0 Å². The summed E-state index contributed by atoms with van der Waals surface area (Å²) in [6, 6.07) is 24.3. The van der Waals surface area contributed by atoms with Gasteiger partial charge in [-0.05, 0) is 66.7 Å². The van der Waals surface area contributed by atoms with Gasteiger partial charge in [-0.2, -0.15) is 5.11 Å². The number of benzene rings is 4. The van der Waals surface area contributed by atoms with Crippen molar-refractivity contribution >= 4 is 55.6 Å². The number of fused-ring (bicyclic) bond motifs is 1. The zero-order chi connectivity index (χ0) is 25.6. The lowest BCUT2D eigenvalue weighted by Crippen LogP contribution is -1.82. The van der Waals surface area contributed by atoms with Crippen molar-refractivity contribution in [2.24, 2.45) is 25.4 Å². The van der Waals surface area contributed by atoms with Crippen LogP contribution in [0.3, 0.4) is 0 Å². The molecular formula is C27H20N6O3S. The number of rotatable bonds is 7. The molecule has 0 atom stereocenters. The summed E-state index contributed by atoms with van der Waals surface area (Å²) in [5.74, 6) is 0.762. The van der Waals surface area contributed by atoms with E-state index in [-0.39, 0.29) is 11.5 Å². The van der Waals surface area contributed by atoms with E-state index in [1.54, 1.807) is 49.6 Å². The maximum absolute atomic E-state index is 10.3. The van der Waals surface area contributed by atoms with Crippen LogP contribution < -0.4 is 4.74 Å². The zero-order valence-electron chi connectivity index (χ0n) is 19.6. The predicted octanol–water partition coefficient (Wildman–Crippen LogP) is 8.30. The quantitative estimate of drug-likeness (QED) is 0.169. The molecule has 0 unspecified atom stereocenters. The topological polar surface area (TPSA) is 124 Å². The fourth-order valence-electron chi connectivity index (χ4n) is 3.31. The fraction of sp³-hybridized carbons (Fsp3) is 0.0370. The number of aliphatic imine (C=N–C) groups is 1. The highest BCUT2D eigenvalue weighted by Crippen LogP contribution is 2.34. The number of hydrogen-bond acceptors (Lipinski definition) is 10. The van der Waals surface area contributed by atoms with Gasteiger partial charge in [0.05, 0.1) is 34.4 Å². The van der Waals surface area contributed by atoms with Crippen LogP contribution in [0.25, 0.3) is 10.2 Å². The maximum Gasteiger partial charge on any atom is 0.231 e. The standard InChI is InChI=1S/C27H20N6O3S/c1-36-21-10-6-18(7-11-21)30-32-22-12-9-20(34)15-24(22)28-16-17-14-19(8-13-25(17)35)31-33-27-29-23-4-2-3-5-26(23)37-27/h2-16,34-35H,1H3. The summed E-state index contributed by atoms with van der Waals surface area (Å²) in [6.07, 6.45) is 1.47. The highest BCUT2D eigenvalue weighted by Gasteiger charge is 2.06. The summed E-state index contributed by atoms with van der Waals surface area (Å²) in [5.41, 5.74) is 3.25. The van der Waals surface area contributed by atoms with Crippen molar-refractivity contribution in [2.75, 3.05) is 7.11 Å². The number of aromatic nitrogens is 1. The highest BCUT2D eigenvalue weighted by molar-refractivity contribution is 7.21. The van der Waals surface area contributed by atoms with E-state index in [2.05, 4.69) is 30.4 Å². The third-order valence-corrected chi connectivity index (χ3v) is 6.11. The van der Waals surface area contributed by atoms with Crippen molar-refractivity contribution in [2.45, 2.75) is 0 Å². The smallest absolute Gasteiger partial charge is 0.231 e. The first kappa shape index (κ1) is 23.8. The lowest BCUT2D eigenvalue weighted by atomic mass is 10.2. The molecule has 0 amide bonds. The molecule has 0 bridgehead atoms. The molecule has 0 saturated heterocycles. The largest absolute Gasteiger partial charge is 0.508 e. The van der Waals surface area contributed by atoms with E-state index in [1.807, 2.05) is 24.3 Å². The molecule has 0 spiro atoms. The number of nitrogens with zero attached hydrogens (tertiary/aromatic N) is 6. The molecule has 0 radical (unpaired) electrons. The van der Waals surface area contributed by atoms with E-state index in [9.17, 15) is 10.2 Å². The molecule has 2 N–H and O–H groups in total. The van der Waals surface area contributed by atoms with Crippen LogP contribution in [0.5, 0.6) is 17.2 Å². The fourth-order valence-corrected chi connectivity index (χ4v) is 4.10. The molecule has 0 aliphatic carbocycles. The molecule has 0 saturated carbocycles. The number of azo groups is 2. The number of ether oxygens (including phenoxy) is 1. The first-order valence-corrected chi connectivity index (χ1v) is 11.9. The average molecular weight is 509 g/mol. The van der Waals surface area contributed by atoms with Gasteiger partial charge < -0.3 is 14.9 Å². The lowest BCUT2D eigenvalue weighted by molar-refractivity contribution is 0.415. The Morgan fingerprint density at radius 1 is 0.784 bits per heavy atom. The van der Waals surface area contributed by atoms with Gasteiger partial charge in [0, 0.05) is 17.8 Å². The molecule has 1 aromatic heterocycles. The minimum Gasteiger partial charge on any atom is -0.508 e. The molecule has 5 rings (SSSR count). The normalized spacial score (nSPS) is 11.8. The van der Waals surface area contributed by atoms with Gasteiger partial charge in [-0.1, -0.05) is 23.5 Å². The Morgan fingerprint density at radius 3 is 2.38 bits per heavy atom. The van der Waals surface area contributed by atoms with E-state index in [1.165, 1.54) is 35.8 Å². The Hall–Kier alpha value is -4.96. The average Bonchev–Trinajstić information content (AvgIpc) is 3.35. The number of thiazole rings is 1. The molecule has 9 nitrogen and oxygen atoms in total. The highest BCUT2D eigenvalue weighted by atomic mass is 32.1. The van der Waals surface area contributed by atoms with Gasteiger partial charge in [0.15, 0.2) is 0 Å². The first-order chi connectivity index (χ1) is 18.1. The van der Waals surface area contributed by atoms with Crippen LogP contribution in [0.15, 0.2) is 110 Å². The van der Waals surface area contributed by atoms with E-state index in [0.717, 1.165) is 16.0 Å².